The first-order valence-corrected chi connectivity index (χ1v) is 7.95. The normalized spacial score (nSPS) is 10.5. The summed E-state index contributed by atoms with van der Waals surface area (Å²) < 4.78 is 5.62. The Morgan fingerprint density at radius 2 is 1.80 bits per heavy atom. The predicted molar refractivity (Wildman–Crippen MR) is 88.2 cm³/mol. The third kappa shape index (κ3) is 4.82. The second-order valence-electron chi connectivity index (χ2n) is 4.19. The van der Waals surface area contributed by atoms with E-state index < -0.39 is 0 Å². The molecule has 0 heterocycles. The van der Waals surface area contributed by atoms with Crippen LogP contribution in [0.15, 0.2) is 47.4 Å². The SMILES string of the molecule is Nc1ccc(Cl)c(SCCCOc2ccc(Cl)cc2)c1. The molecule has 0 aromatic heterocycles. The first-order chi connectivity index (χ1) is 9.65. The van der Waals surface area contributed by atoms with Crippen molar-refractivity contribution >= 4 is 40.7 Å². The Labute approximate surface area is 133 Å². The fraction of sp³-hybridized carbons (Fsp3) is 0.200. The summed E-state index contributed by atoms with van der Waals surface area (Å²) in [4.78, 5) is 1.01. The first-order valence-electron chi connectivity index (χ1n) is 6.21. The minimum absolute atomic E-state index is 0.661. The van der Waals surface area contributed by atoms with Gasteiger partial charge < -0.3 is 10.5 Å². The van der Waals surface area contributed by atoms with E-state index in [9.17, 15) is 0 Å². The van der Waals surface area contributed by atoms with E-state index in [0.29, 0.717) is 11.6 Å². The maximum atomic E-state index is 6.10. The quantitative estimate of drug-likeness (QED) is 0.453. The first kappa shape index (κ1) is 15.4. The molecule has 0 saturated heterocycles. The van der Waals surface area contributed by atoms with Gasteiger partial charge in [0.2, 0.25) is 0 Å². The number of thioether (sulfide) groups is 1. The highest BCUT2D eigenvalue weighted by atomic mass is 35.5. The Balaban J connectivity index is 1.71. The van der Waals surface area contributed by atoms with Gasteiger partial charge in [0, 0.05) is 21.4 Å². The number of nitrogen functional groups attached to an aromatic ring is 1. The number of hydrogen-bond acceptors (Lipinski definition) is 3. The molecule has 106 valence electrons. The smallest absolute Gasteiger partial charge is 0.119 e. The van der Waals surface area contributed by atoms with Gasteiger partial charge in [-0.05, 0) is 48.9 Å². The topological polar surface area (TPSA) is 35.2 Å². The van der Waals surface area contributed by atoms with Gasteiger partial charge in [0.05, 0.1) is 11.6 Å². The third-order valence-electron chi connectivity index (χ3n) is 2.58. The molecule has 0 atom stereocenters. The standard InChI is InChI=1S/C15H15Cl2NOS/c16-11-2-5-13(6-3-11)19-8-1-9-20-15-10-12(18)4-7-14(15)17/h2-7,10H,1,8-9,18H2. The maximum Gasteiger partial charge on any atom is 0.119 e. The summed E-state index contributed by atoms with van der Waals surface area (Å²) in [7, 11) is 0. The van der Waals surface area contributed by atoms with Crippen molar-refractivity contribution < 1.29 is 4.74 Å². The van der Waals surface area contributed by atoms with Gasteiger partial charge in [0.1, 0.15) is 5.75 Å². The van der Waals surface area contributed by atoms with Crippen molar-refractivity contribution in [3.63, 3.8) is 0 Å². The Kier molecular flexibility index (Phi) is 5.89. The van der Waals surface area contributed by atoms with Gasteiger partial charge in [-0.1, -0.05) is 23.2 Å². The zero-order valence-corrected chi connectivity index (χ0v) is 13.1. The van der Waals surface area contributed by atoms with Crippen molar-refractivity contribution in [3.05, 3.63) is 52.5 Å². The fourth-order valence-corrected chi connectivity index (χ4v) is 2.91. The molecular formula is C15H15Cl2NOS. The van der Waals surface area contributed by atoms with E-state index in [4.69, 9.17) is 33.7 Å². The Hall–Kier alpha value is -1.03. The van der Waals surface area contributed by atoms with E-state index in [1.807, 2.05) is 36.4 Å². The van der Waals surface area contributed by atoms with Crippen LogP contribution in [0.1, 0.15) is 6.42 Å². The molecule has 0 amide bonds. The molecule has 2 aromatic carbocycles. The summed E-state index contributed by atoms with van der Waals surface area (Å²) in [5.74, 6) is 1.76. The molecule has 0 spiro atoms. The summed E-state index contributed by atoms with van der Waals surface area (Å²) in [6, 6.07) is 12.9. The largest absolute Gasteiger partial charge is 0.494 e. The van der Waals surface area contributed by atoms with E-state index >= 15 is 0 Å². The number of ether oxygens (including phenoxy) is 1. The molecule has 0 aliphatic carbocycles. The fourth-order valence-electron chi connectivity index (χ4n) is 1.59. The van der Waals surface area contributed by atoms with Crippen LogP contribution in [0.25, 0.3) is 0 Å². The predicted octanol–water partition coefficient (Wildman–Crippen LogP) is 5.14. The molecule has 20 heavy (non-hydrogen) atoms. The Morgan fingerprint density at radius 1 is 1.05 bits per heavy atom. The van der Waals surface area contributed by atoms with E-state index in [-0.39, 0.29) is 0 Å². The molecule has 0 unspecified atom stereocenters. The Morgan fingerprint density at radius 3 is 2.55 bits per heavy atom. The number of halogens is 2. The average molecular weight is 328 g/mol. The van der Waals surface area contributed by atoms with Crippen molar-refractivity contribution in [2.75, 3.05) is 18.1 Å². The van der Waals surface area contributed by atoms with Gasteiger partial charge in [0.25, 0.3) is 0 Å². The van der Waals surface area contributed by atoms with Crippen LogP contribution >= 0.6 is 35.0 Å². The van der Waals surface area contributed by atoms with Crippen LogP contribution in [-0.2, 0) is 0 Å². The molecule has 0 bridgehead atoms. The minimum atomic E-state index is 0.661. The van der Waals surface area contributed by atoms with Crippen molar-refractivity contribution in [2.45, 2.75) is 11.3 Å². The van der Waals surface area contributed by atoms with Gasteiger partial charge in [0.15, 0.2) is 0 Å². The second kappa shape index (κ2) is 7.67. The maximum absolute atomic E-state index is 6.10. The molecule has 0 saturated carbocycles. The molecule has 0 fully saturated rings. The summed E-state index contributed by atoms with van der Waals surface area (Å²) in [6.45, 7) is 0.661. The van der Waals surface area contributed by atoms with Crippen molar-refractivity contribution in [3.8, 4) is 5.75 Å². The highest BCUT2D eigenvalue weighted by molar-refractivity contribution is 7.99. The van der Waals surface area contributed by atoms with Crippen LogP contribution in [0.3, 0.4) is 0 Å². The van der Waals surface area contributed by atoms with Gasteiger partial charge in [-0.25, -0.2) is 0 Å². The monoisotopic (exact) mass is 327 g/mol. The van der Waals surface area contributed by atoms with Gasteiger partial charge in [-0.2, -0.15) is 0 Å². The summed E-state index contributed by atoms with van der Waals surface area (Å²) in [5, 5.41) is 1.45. The van der Waals surface area contributed by atoms with Crippen molar-refractivity contribution in [1.82, 2.24) is 0 Å². The lowest BCUT2D eigenvalue weighted by molar-refractivity contribution is 0.319. The van der Waals surface area contributed by atoms with Crippen LogP contribution in [0.2, 0.25) is 10.0 Å². The number of anilines is 1. The highest BCUT2D eigenvalue weighted by Crippen LogP contribution is 2.29. The number of benzene rings is 2. The molecule has 2 N–H and O–H groups in total. The molecule has 2 aromatic rings. The zero-order chi connectivity index (χ0) is 14.4. The Bertz CT molecular complexity index is 560. The second-order valence-corrected chi connectivity index (χ2v) is 6.17. The van der Waals surface area contributed by atoms with Crippen molar-refractivity contribution in [1.29, 1.82) is 0 Å². The molecule has 0 radical (unpaired) electrons. The number of rotatable bonds is 6. The number of nitrogens with two attached hydrogens (primary N) is 1. The molecule has 5 heteroatoms. The lowest BCUT2D eigenvalue weighted by atomic mass is 10.3. The number of hydrogen-bond donors (Lipinski definition) is 1. The summed E-state index contributed by atoms with van der Waals surface area (Å²) >= 11 is 13.6. The lowest BCUT2D eigenvalue weighted by Gasteiger charge is -2.07. The molecule has 0 aliphatic heterocycles. The van der Waals surface area contributed by atoms with E-state index in [1.54, 1.807) is 17.8 Å². The van der Waals surface area contributed by atoms with Gasteiger partial charge >= 0.3 is 0 Å². The van der Waals surface area contributed by atoms with Crippen molar-refractivity contribution in [2.24, 2.45) is 0 Å². The van der Waals surface area contributed by atoms with E-state index in [1.165, 1.54) is 0 Å². The van der Waals surface area contributed by atoms with Gasteiger partial charge in [-0.15, -0.1) is 11.8 Å². The van der Waals surface area contributed by atoms with Crippen LogP contribution in [-0.4, -0.2) is 12.4 Å². The summed E-state index contributed by atoms with van der Waals surface area (Å²) in [5.41, 5.74) is 6.47. The minimum Gasteiger partial charge on any atom is -0.494 e. The molecule has 2 nitrogen and oxygen atoms in total. The highest BCUT2D eigenvalue weighted by Gasteiger charge is 2.02. The molecular weight excluding hydrogens is 313 g/mol. The average Bonchev–Trinajstić information content (AvgIpc) is 2.44. The van der Waals surface area contributed by atoms with E-state index in [0.717, 1.165) is 33.5 Å². The third-order valence-corrected chi connectivity index (χ3v) is 4.42. The van der Waals surface area contributed by atoms with Crippen LogP contribution in [0, 0.1) is 0 Å². The molecule has 2 rings (SSSR count). The van der Waals surface area contributed by atoms with Crippen LogP contribution < -0.4 is 10.5 Å². The zero-order valence-electron chi connectivity index (χ0n) is 10.8. The summed E-state index contributed by atoms with van der Waals surface area (Å²) in [6.07, 6.45) is 0.929. The molecule has 0 aliphatic rings. The van der Waals surface area contributed by atoms with Gasteiger partial charge in [-0.3, -0.25) is 0 Å². The lowest BCUT2D eigenvalue weighted by Crippen LogP contribution is -1.98. The van der Waals surface area contributed by atoms with E-state index in [2.05, 4.69) is 0 Å². The van der Waals surface area contributed by atoms with Crippen LogP contribution in [0.4, 0.5) is 5.69 Å². The van der Waals surface area contributed by atoms with Crippen LogP contribution in [0.5, 0.6) is 5.75 Å².